The number of likely N-dealkylation sites (N-methyl/N-ethyl adjacent to an activating group) is 1. The van der Waals surface area contributed by atoms with Gasteiger partial charge in [-0.1, -0.05) is 19.8 Å². The van der Waals surface area contributed by atoms with Crippen LogP contribution in [-0.2, 0) is 4.79 Å². The van der Waals surface area contributed by atoms with Gasteiger partial charge in [0.25, 0.3) is 0 Å². The Balaban J connectivity index is 1.99. The molecule has 3 atom stereocenters. The molecule has 19 heavy (non-hydrogen) atoms. The first-order valence-corrected chi connectivity index (χ1v) is 7.96. The van der Waals surface area contributed by atoms with E-state index in [1.54, 1.807) is 0 Å². The van der Waals surface area contributed by atoms with Crippen LogP contribution >= 0.6 is 0 Å². The van der Waals surface area contributed by atoms with Crippen molar-refractivity contribution in [2.24, 2.45) is 5.92 Å². The summed E-state index contributed by atoms with van der Waals surface area (Å²) in [4.78, 5) is 14.7. The molecular formula is C15H29N3O. The van der Waals surface area contributed by atoms with Crippen molar-refractivity contribution >= 4 is 5.91 Å². The van der Waals surface area contributed by atoms with Crippen molar-refractivity contribution in [1.82, 2.24) is 15.5 Å². The molecule has 2 N–H and O–H groups in total. The molecule has 0 spiro atoms. The molecule has 0 aromatic heterocycles. The van der Waals surface area contributed by atoms with Crippen LogP contribution in [-0.4, -0.2) is 49.1 Å². The third-order valence-corrected chi connectivity index (χ3v) is 4.63. The maximum atomic E-state index is 12.2. The van der Waals surface area contributed by atoms with Gasteiger partial charge in [-0.3, -0.25) is 9.69 Å². The minimum Gasteiger partial charge on any atom is -0.355 e. The fraction of sp³-hybridized carbons (Fsp3) is 0.933. The molecule has 1 aliphatic heterocycles. The summed E-state index contributed by atoms with van der Waals surface area (Å²) < 4.78 is 0. The van der Waals surface area contributed by atoms with Gasteiger partial charge in [0.15, 0.2) is 0 Å². The molecule has 1 heterocycles. The van der Waals surface area contributed by atoms with Crippen molar-refractivity contribution < 1.29 is 4.79 Å². The van der Waals surface area contributed by atoms with Gasteiger partial charge in [-0.25, -0.2) is 0 Å². The van der Waals surface area contributed by atoms with Gasteiger partial charge in [0.05, 0.1) is 0 Å². The molecule has 1 amide bonds. The summed E-state index contributed by atoms with van der Waals surface area (Å²) in [5.74, 6) is 1.06. The molecule has 1 aliphatic carbocycles. The highest BCUT2D eigenvalue weighted by Crippen LogP contribution is 2.27. The summed E-state index contributed by atoms with van der Waals surface area (Å²) in [6.45, 7) is 7.92. The second-order valence-corrected chi connectivity index (χ2v) is 6.12. The van der Waals surface area contributed by atoms with E-state index in [0.717, 1.165) is 32.1 Å². The van der Waals surface area contributed by atoms with Crippen LogP contribution in [0.1, 0.15) is 46.0 Å². The molecule has 1 saturated carbocycles. The van der Waals surface area contributed by atoms with Crippen LogP contribution in [0.3, 0.4) is 0 Å². The van der Waals surface area contributed by atoms with Gasteiger partial charge in [-0.05, 0) is 32.1 Å². The zero-order chi connectivity index (χ0) is 13.7. The van der Waals surface area contributed by atoms with Crippen LogP contribution in [0.25, 0.3) is 0 Å². The van der Waals surface area contributed by atoms with Crippen LogP contribution in [0.15, 0.2) is 0 Å². The standard InChI is InChI=1S/C15H29N3O/c1-3-17-15(19)14-11-16-9-10-18(14)13-6-4-5-12(2)7-8-13/h12-14,16H,3-11H2,1-2H3,(H,17,19). The monoisotopic (exact) mass is 267 g/mol. The van der Waals surface area contributed by atoms with Crippen molar-refractivity contribution in [2.75, 3.05) is 26.2 Å². The lowest BCUT2D eigenvalue weighted by Gasteiger charge is -2.40. The predicted molar refractivity (Wildman–Crippen MR) is 78.1 cm³/mol. The maximum Gasteiger partial charge on any atom is 0.238 e. The van der Waals surface area contributed by atoms with Crippen LogP contribution in [0.5, 0.6) is 0 Å². The van der Waals surface area contributed by atoms with Crippen molar-refractivity contribution in [3.05, 3.63) is 0 Å². The Morgan fingerprint density at radius 2 is 2.16 bits per heavy atom. The number of nitrogens with zero attached hydrogens (tertiary/aromatic N) is 1. The highest BCUT2D eigenvalue weighted by Gasteiger charge is 2.33. The molecule has 0 aromatic rings. The van der Waals surface area contributed by atoms with Crippen molar-refractivity contribution in [2.45, 2.75) is 58.0 Å². The first-order chi connectivity index (χ1) is 9.22. The van der Waals surface area contributed by atoms with E-state index in [1.165, 1.54) is 32.1 Å². The van der Waals surface area contributed by atoms with Gasteiger partial charge in [0, 0.05) is 32.2 Å². The normalized spacial score (nSPS) is 33.7. The lowest BCUT2D eigenvalue weighted by Crippen LogP contribution is -2.60. The maximum absolute atomic E-state index is 12.2. The van der Waals surface area contributed by atoms with E-state index < -0.39 is 0 Å². The van der Waals surface area contributed by atoms with Crippen LogP contribution < -0.4 is 10.6 Å². The molecule has 1 saturated heterocycles. The van der Waals surface area contributed by atoms with E-state index in [9.17, 15) is 4.79 Å². The van der Waals surface area contributed by atoms with E-state index in [-0.39, 0.29) is 11.9 Å². The van der Waals surface area contributed by atoms with Crippen molar-refractivity contribution in [1.29, 1.82) is 0 Å². The molecule has 3 unspecified atom stereocenters. The average Bonchev–Trinajstić information content (AvgIpc) is 2.64. The lowest BCUT2D eigenvalue weighted by atomic mass is 10.0. The van der Waals surface area contributed by atoms with E-state index in [2.05, 4.69) is 22.5 Å². The van der Waals surface area contributed by atoms with Gasteiger partial charge < -0.3 is 10.6 Å². The Morgan fingerprint density at radius 1 is 1.32 bits per heavy atom. The SMILES string of the molecule is CCNC(=O)C1CNCCN1C1CCCC(C)CC1. The number of piperazine rings is 1. The number of amides is 1. The number of hydrogen-bond acceptors (Lipinski definition) is 3. The average molecular weight is 267 g/mol. The summed E-state index contributed by atoms with van der Waals surface area (Å²) >= 11 is 0. The van der Waals surface area contributed by atoms with Crippen LogP contribution in [0, 0.1) is 5.92 Å². The van der Waals surface area contributed by atoms with Gasteiger partial charge in [-0.2, -0.15) is 0 Å². The third kappa shape index (κ3) is 3.93. The minimum absolute atomic E-state index is 0.0344. The second kappa shape index (κ2) is 7.25. The summed E-state index contributed by atoms with van der Waals surface area (Å²) in [7, 11) is 0. The number of hydrogen-bond donors (Lipinski definition) is 2. The number of carbonyl (C=O) groups is 1. The molecule has 2 aliphatic rings. The topological polar surface area (TPSA) is 44.4 Å². The second-order valence-electron chi connectivity index (χ2n) is 6.12. The Labute approximate surface area is 117 Å². The summed E-state index contributed by atoms with van der Waals surface area (Å²) in [5, 5.41) is 6.35. The highest BCUT2D eigenvalue weighted by atomic mass is 16.2. The number of carbonyl (C=O) groups excluding carboxylic acids is 1. The molecule has 0 bridgehead atoms. The molecule has 4 heteroatoms. The summed E-state index contributed by atoms with van der Waals surface area (Å²) in [6, 6.07) is 0.645. The first kappa shape index (κ1) is 14.8. The van der Waals surface area contributed by atoms with Gasteiger partial charge in [0.1, 0.15) is 6.04 Å². The summed E-state index contributed by atoms with van der Waals surface area (Å²) in [6.07, 6.45) is 6.51. The molecule has 2 rings (SSSR count). The molecule has 2 fully saturated rings. The number of nitrogens with one attached hydrogen (secondary N) is 2. The van der Waals surface area contributed by atoms with Crippen LogP contribution in [0.4, 0.5) is 0 Å². The van der Waals surface area contributed by atoms with E-state index >= 15 is 0 Å². The Kier molecular flexibility index (Phi) is 5.64. The molecule has 110 valence electrons. The Hall–Kier alpha value is -0.610. The fourth-order valence-electron chi connectivity index (χ4n) is 3.49. The smallest absolute Gasteiger partial charge is 0.238 e. The molecule has 4 nitrogen and oxygen atoms in total. The van der Waals surface area contributed by atoms with Gasteiger partial charge in [-0.15, -0.1) is 0 Å². The minimum atomic E-state index is 0.0344. The van der Waals surface area contributed by atoms with E-state index in [1.807, 2.05) is 6.92 Å². The van der Waals surface area contributed by atoms with E-state index in [0.29, 0.717) is 6.04 Å². The first-order valence-electron chi connectivity index (χ1n) is 7.96. The van der Waals surface area contributed by atoms with Crippen LogP contribution in [0.2, 0.25) is 0 Å². The molecule has 0 aromatic carbocycles. The zero-order valence-corrected chi connectivity index (χ0v) is 12.5. The zero-order valence-electron chi connectivity index (χ0n) is 12.5. The highest BCUT2D eigenvalue weighted by molar-refractivity contribution is 5.82. The molecule has 0 radical (unpaired) electrons. The Morgan fingerprint density at radius 3 is 2.95 bits per heavy atom. The van der Waals surface area contributed by atoms with Gasteiger partial charge in [0.2, 0.25) is 5.91 Å². The van der Waals surface area contributed by atoms with E-state index in [4.69, 9.17) is 0 Å². The summed E-state index contributed by atoms with van der Waals surface area (Å²) in [5.41, 5.74) is 0. The fourth-order valence-corrected chi connectivity index (χ4v) is 3.49. The third-order valence-electron chi connectivity index (χ3n) is 4.63. The van der Waals surface area contributed by atoms with Gasteiger partial charge >= 0.3 is 0 Å². The van der Waals surface area contributed by atoms with Crippen molar-refractivity contribution in [3.63, 3.8) is 0 Å². The largest absolute Gasteiger partial charge is 0.355 e. The quantitative estimate of drug-likeness (QED) is 0.759. The number of rotatable bonds is 3. The molecular weight excluding hydrogens is 238 g/mol. The predicted octanol–water partition coefficient (Wildman–Crippen LogP) is 1.37. The van der Waals surface area contributed by atoms with Crippen molar-refractivity contribution in [3.8, 4) is 0 Å². The lowest BCUT2D eigenvalue weighted by molar-refractivity contribution is -0.128. The Bertz CT molecular complexity index is 295.